The number of piperidine rings is 1. The number of imidazole rings is 1. The van der Waals surface area contributed by atoms with Gasteiger partial charge in [0.05, 0.1) is 11.0 Å². The Kier molecular flexibility index (Phi) is 3.84. The number of hydrogen-bond donors (Lipinski definition) is 1. The van der Waals surface area contributed by atoms with E-state index in [1.54, 1.807) is 0 Å². The molecule has 1 aliphatic heterocycles. The standard InChI is InChI=1S/C19H21FN4/c20-16-9-7-14(8-10-16)13-15-5-4-6-17-18(15)22-19(21)24(17)23-11-2-1-3-12-23/h4-10H,1-3,11-13H2,(H2,21,22). The number of aromatic nitrogens is 2. The van der Waals surface area contributed by atoms with E-state index in [1.807, 2.05) is 18.2 Å². The molecule has 4 nitrogen and oxygen atoms in total. The van der Waals surface area contributed by atoms with E-state index in [9.17, 15) is 4.39 Å². The second-order valence-electron chi connectivity index (χ2n) is 6.38. The molecule has 124 valence electrons. The van der Waals surface area contributed by atoms with Gasteiger partial charge in [-0.2, -0.15) is 0 Å². The molecule has 0 aliphatic carbocycles. The number of para-hydroxylation sites is 1. The maximum Gasteiger partial charge on any atom is 0.220 e. The zero-order valence-corrected chi connectivity index (χ0v) is 13.6. The number of nitrogen functional groups attached to an aromatic ring is 1. The largest absolute Gasteiger partial charge is 0.368 e. The molecule has 24 heavy (non-hydrogen) atoms. The fraction of sp³-hybridized carbons (Fsp3) is 0.316. The van der Waals surface area contributed by atoms with E-state index in [4.69, 9.17) is 5.73 Å². The molecule has 1 fully saturated rings. The molecular weight excluding hydrogens is 303 g/mol. The molecule has 0 amide bonds. The maximum atomic E-state index is 13.1. The minimum Gasteiger partial charge on any atom is -0.368 e. The summed E-state index contributed by atoms with van der Waals surface area (Å²) in [4.78, 5) is 4.63. The molecule has 2 heterocycles. The van der Waals surface area contributed by atoms with Gasteiger partial charge < -0.3 is 10.7 Å². The fourth-order valence-electron chi connectivity index (χ4n) is 3.50. The smallest absolute Gasteiger partial charge is 0.220 e. The molecule has 1 aromatic heterocycles. The summed E-state index contributed by atoms with van der Waals surface area (Å²) in [6.07, 6.45) is 4.37. The first kappa shape index (κ1) is 15.0. The van der Waals surface area contributed by atoms with Crippen molar-refractivity contribution in [2.45, 2.75) is 25.7 Å². The Morgan fingerprint density at radius 1 is 1.00 bits per heavy atom. The Hall–Kier alpha value is -2.56. The van der Waals surface area contributed by atoms with Gasteiger partial charge in [0.2, 0.25) is 5.95 Å². The highest BCUT2D eigenvalue weighted by Gasteiger charge is 2.18. The Labute approximate surface area is 140 Å². The molecule has 5 heteroatoms. The van der Waals surface area contributed by atoms with Gasteiger partial charge in [0.25, 0.3) is 0 Å². The molecule has 0 unspecified atom stereocenters. The lowest BCUT2D eigenvalue weighted by molar-refractivity contribution is 0.489. The third-order valence-electron chi connectivity index (χ3n) is 4.69. The van der Waals surface area contributed by atoms with Gasteiger partial charge in [-0.1, -0.05) is 24.3 Å². The molecule has 3 aromatic rings. The Bertz CT molecular complexity index is 848. The normalized spacial score (nSPS) is 15.1. The van der Waals surface area contributed by atoms with E-state index >= 15 is 0 Å². The minimum absolute atomic E-state index is 0.212. The molecule has 0 saturated carbocycles. The van der Waals surface area contributed by atoms with E-state index in [2.05, 4.69) is 26.8 Å². The summed E-state index contributed by atoms with van der Waals surface area (Å²) in [5, 5.41) is 2.29. The molecule has 0 spiro atoms. The zero-order valence-electron chi connectivity index (χ0n) is 13.6. The van der Waals surface area contributed by atoms with Crippen LogP contribution in [0.15, 0.2) is 42.5 Å². The SMILES string of the molecule is Nc1nc2c(Cc3ccc(F)cc3)cccc2n1N1CCCCC1. The topological polar surface area (TPSA) is 47.1 Å². The number of halogens is 1. The molecule has 2 aromatic carbocycles. The van der Waals surface area contributed by atoms with Crippen molar-refractivity contribution >= 4 is 17.0 Å². The lowest BCUT2D eigenvalue weighted by Crippen LogP contribution is -2.39. The lowest BCUT2D eigenvalue weighted by atomic mass is 10.0. The highest BCUT2D eigenvalue weighted by Crippen LogP contribution is 2.25. The van der Waals surface area contributed by atoms with Gasteiger partial charge in [0.15, 0.2) is 0 Å². The van der Waals surface area contributed by atoms with Crippen molar-refractivity contribution in [3.05, 3.63) is 59.4 Å². The molecular formula is C19H21FN4. The van der Waals surface area contributed by atoms with Gasteiger partial charge in [-0.05, 0) is 55.0 Å². The van der Waals surface area contributed by atoms with Crippen LogP contribution >= 0.6 is 0 Å². The second-order valence-corrected chi connectivity index (χ2v) is 6.38. The van der Waals surface area contributed by atoms with Crippen molar-refractivity contribution in [3.8, 4) is 0 Å². The van der Waals surface area contributed by atoms with Crippen molar-refractivity contribution < 1.29 is 4.39 Å². The van der Waals surface area contributed by atoms with Gasteiger partial charge in [-0.15, -0.1) is 0 Å². The van der Waals surface area contributed by atoms with Crippen molar-refractivity contribution in [1.29, 1.82) is 0 Å². The van der Waals surface area contributed by atoms with Gasteiger partial charge in [0.1, 0.15) is 5.82 Å². The number of anilines is 1. The number of nitrogens with zero attached hydrogens (tertiary/aromatic N) is 3. The van der Waals surface area contributed by atoms with Gasteiger partial charge in [0, 0.05) is 13.1 Å². The molecule has 1 saturated heterocycles. The third-order valence-corrected chi connectivity index (χ3v) is 4.69. The molecule has 0 radical (unpaired) electrons. The van der Waals surface area contributed by atoms with E-state index in [-0.39, 0.29) is 5.82 Å². The molecule has 1 aliphatic rings. The van der Waals surface area contributed by atoms with Crippen molar-refractivity contribution in [2.75, 3.05) is 23.8 Å². The summed E-state index contributed by atoms with van der Waals surface area (Å²) in [6.45, 7) is 2.02. The van der Waals surface area contributed by atoms with Crippen LogP contribution in [0.1, 0.15) is 30.4 Å². The number of benzene rings is 2. The summed E-state index contributed by atoms with van der Waals surface area (Å²) in [6, 6.07) is 12.8. The molecule has 0 bridgehead atoms. The Morgan fingerprint density at radius 2 is 1.75 bits per heavy atom. The highest BCUT2D eigenvalue weighted by atomic mass is 19.1. The summed E-state index contributed by atoms with van der Waals surface area (Å²) in [5.74, 6) is 0.328. The first-order chi connectivity index (χ1) is 11.7. The number of rotatable bonds is 3. The van der Waals surface area contributed by atoms with Crippen LogP contribution < -0.4 is 10.7 Å². The first-order valence-corrected chi connectivity index (χ1v) is 8.48. The number of hydrogen-bond acceptors (Lipinski definition) is 3. The molecule has 0 atom stereocenters. The summed E-state index contributed by atoms with van der Waals surface area (Å²) >= 11 is 0. The van der Waals surface area contributed by atoms with Crippen LogP contribution in [0.2, 0.25) is 0 Å². The van der Waals surface area contributed by atoms with Crippen LogP contribution in [0, 0.1) is 5.82 Å². The first-order valence-electron chi connectivity index (χ1n) is 8.48. The average Bonchev–Trinajstić information content (AvgIpc) is 2.95. The van der Waals surface area contributed by atoms with Gasteiger partial charge in [-0.25, -0.2) is 14.1 Å². The monoisotopic (exact) mass is 324 g/mol. The Balaban J connectivity index is 1.73. The van der Waals surface area contributed by atoms with Gasteiger partial charge >= 0.3 is 0 Å². The number of fused-ring (bicyclic) bond motifs is 1. The van der Waals surface area contributed by atoms with E-state index in [1.165, 1.54) is 31.4 Å². The second kappa shape index (κ2) is 6.15. The summed E-state index contributed by atoms with van der Waals surface area (Å²) in [7, 11) is 0. The minimum atomic E-state index is -0.212. The number of nitrogens with two attached hydrogens (primary N) is 1. The third kappa shape index (κ3) is 2.70. The van der Waals surface area contributed by atoms with Crippen LogP contribution in [-0.2, 0) is 6.42 Å². The van der Waals surface area contributed by atoms with E-state index < -0.39 is 0 Å². The predicted molar refractivity (Wildman–Crippen MR) is 95.2 cm³/mol. The maximum absolute atomic E-state index is 13.1. The molecule has 4 rings (SSSR count). The molecule has 2 N–H and O–H groups in total. The van der Waals surface area contributed by atoms with Crippen molar-refractivity contribution in [1.82, 2.24) is 9.66 Å². The van der Waals surface area contributed by atoms with Gasteiger partial charge in [-0.3, -0.25) is 0 Å². The Morgan fingerprint density at radius 3 is 2.50 bits per heavy atom. The van der Waals surface area contributed by atoms with Crippen molar-refractivity contribution in [3.63, 3.8) is 0 Å². The van der Waals surface area contributed by atoms with Crippen LogP contribution in [0.25, 0.3) is 11.0 Å². The highest BCUT2D eigenvalue weighted by molar-refractivity contribution is 5.82. The van der Waals surface area contributed by atoms with Crippen LogP contribution in [-0.4, -0.2) is 22.7 Å². The lowest BCUT2D eigenvalue weighted by Gasteiger charge is -2.30. The van der Waals surface area contributed by atoms with Crippen LogP contribution in [0.4, 0.5) is 10.3 Å². The predicted octanol–water partition coefficient (Wildman–Crippen LogP) is 3.47. The zero-order chi connectivity index (χ0) is 16.5. The average molecular weight is 324 g/mol. The summed E-state index contributed by atoms with van der Waals surface area (Å²) in [5.41, 5.74) is 10.4. The van der Waals surface area contributed by atoms with Crippen LogP contribution in [0.5, 0.6) is 0 Å². The summed E-state index contributed by atoms with van der Waals surface area (Å²) < 4.78 is 15.2. The van der Waals surface area contributed by atoms with E-state index in [0.29, 0.717) is 12.4 Å². The van der Waals surface area contributed by atoms with E-state index in [0.717, 1.165) is 35.2 Å². The quantitative estimate of drug-likeness (QED) is 0.802. The fourth-order valence-corrected chi connectivity index (χ4v) is 3.50. The van der Waals surface area contributed by atoms with Crippen molar-refractivity contribution in [2.24, 2.45) is 0 Å². The van der Waals surface area contributed by atoms with Crippen LogP contribution in [0.3, 0.4) is 0 Å².